The molecular weight excluding hydrogens is 415 g/mol. The van der Waals surface area contributed by atoms with Crippen molar-refractivity contribution in [3.8, 4) is 0 Å². The number of aromatic amines is 1. The van der Waals surface area contributed by atoms with Gasteiger partial charge < -0.3 is 19.6 Å². The van der Waals surface area contributed by atoms with E-state index in [1.54, 1.807) is 10.9 Å². The largest absolute Gasteiger partial charge is 0.371 e. The van der Waals surface area contributed by atoms with E-state index < -0.39 is 8.30 Å². The zero-order chi connectivity index (χ0) is 20.8. The molecule has 0 saturated carbocycles. The van der Waals surface area contributed by atoms with Crippen LogP contribution in [0.5, 0.6) is 0 Å². The lowest BCUT2D eigenvalue weighted by Crippen LogP contribution is -2.21. The average molecular weight is 439 g/mol. The van der Waals surface area contributed by atoms with Crippen LogP contribution in [0.3, 0.4) is 0 Å². The minimum absolute atomic E-state index is 0.0595. The van der Waals surface area contributed by atoms with E-state index >= 15 is 0 Å². The molecule has 2 heterocycles. The number of nitrogens with zero attached hydrogens (tertiary/aromatic N) is 3. The smallest absolute Gasteiger partial charge is 0.280 e. The molecule has 0 aliphatic rings. The first kappa shape index (κ1) is 21.7. The Bertz CT molecular complexity index is 1010. The maximum atomic E-state index is 11.8. The van der Waals surface area contributed by atoms with Gasteiger partial charge >= 0.3 is 0 Å². The number of nitrogens with two attached hydrogens (primary N) is 1. The number of fused-ring (bicyclic) bond motifs is 1. The van der Waals surface area contributed by atoms with Crippen LogP contribution in [0.4, 0.5) is 5.95 Å². The summed E-state index contributed by atoms with van der Waals surface area (Å²) in [5.74, 6) is 0.0595. The first-order valence-electron chi connectivity index (χ1n) is 9.12. The normalized spacial score (nSPS) is 12.7. The van der Waals surface area contributed by atoms with Crippen LogP contribution in [0.2, 0.25) is 5.02 Å². The summed E-state index contributed by atoms with van der Waals surface area (Å²) in [4.78, 5) is 22.5. The lowest BCUT2D eigenvalue weighted by Gasteiger charge is -2.21. The van der Waals surface area contributed by atoms with Crippen molar-refractivity contribution >= 4 is 37.0 Å². The molecule has 4 N–H and O–H groups in total. The second-order valence-corrected chi connectivity index (χ2v) is 8.63. The third-order valence-corrected chi connectivity index (χ3v) is 5.75. The molecule has 0 aliphatic heterocycles. The summed E-state index contributed by atoms with van der Waals surface area (Å²) in [6, 6.07) is 7.85. The van der Waals surface area contributed by atoms with Gasteiger partial charge in [-0.1, -0.05) is 23.7 Å². The van der Waals surface area contributed by atoms with Crippen molar-refractivity contribution in [3.63, 3.8) is 0 Å². The Kier molecular flexibility index (Phi) is 7.57. The van der Waals surface area contributed by atoms with E-state index in [2.05, 4.69) is 33.9 Å². The van der Waals surface area contributed by atoms with Crippen LogP contribution >= 0.6 is 19.9 Å². The number of aromatic nitrogens is 4. The number of anilines is 1. The SMILES string of the molecule is CC(C)NP(COCCn1cnc2c(=O)[nH]c(N)nc21)OCc1cccc(Cl)c1. The van der Waals surface area contributed by atoms with E-state index in [0.29, 0.717) is 36.8 Å². The molecule has 2 aromatic heterocycles. The highest BCUT2D eigenvalue weighted by atomic mass is 35.5. The third kappa shape index (κ3) is 6.22. The topological polar surface area (TPSA) is 120 Å². The van der Waals surface area contributed by atoms with E-state index in [-0.39, 0.29) is 23.1 Å². The molecule has 1 aromatic carbocycles. The van der Waals surface area contributed by atoms with Gasteiger partial charge in [-0.15, -0.1) is 0 Å². The summed E-state index contributed by atoms with van der Waals surface area (Å²) < 4.78 is 13.6. The number of rotatable bonds is 10. The monoisotopic (exact) mass is 438 g/mol. The molecule has 1 unspecified atom stereocenters. The first-order chi connectivity index (χ1) is 13.9. The van der Waals surface area contributed by atoms with Gasteiger partial charge in [-0.25, -0.2) is 4.98 Å². The number of ether oxygens (including phenoxy) is 1. The van der Waals surface area contributed by atoms with E-state index in [1.165, 1.54) is 0 Å². The summed E-state index contributed by atoms with van der Waals surface area (Å²) >= 11 is 6.02. The molecule has 1 atom stereocenters. The fourth-order valence-electron chi connectivity index (χ4n) is 2.62. The van der Waals surface area contributed by atoms with Crippen LogP contribution in [0.1, 0.15) is 19.4 Å². The van der Waals surface area contributed by atoms with Gasteiger partial charge in [0.15, 0.2) is 11.2 Å². The van der Waals surface area contributed by atoms with Crippen molar-refractivity contribution in [1.29, 1.82) is 0 Å². The predicted octanol–water partition coefficient (Wildman–Crippen LogP) is 2.86. The van der Waals surface area contributed by atoms with Crippen LogP contribution in [-0.2, 0) is 22.4 Å². The average Bonchev–Trinajstić information content (AvgIpc) is 3.06. The molecule has 0 fully saturated rings. The molecule has 3 aromatic rings. The lowest BCUT2D eigenvalue weighted by molar-refractivity contribution is 0.159. The number of imidazole rings is 1. The molecule has 0 bridgehead atoms. The summed E-state index contributed by atoms with van der Waals surface area (Å²) in [7, 11) is -0.978. The van der Waals surface area contributed by atoms with Crippen LogP contribution in [0, 0.1) is 0 Å². The van der Waals surface area contributed by atoms with E-state index in [9.17, 15) is 4.79 Å². The number of nitrogens with one attached hydrogen (secondary N) is 2. The zero-order valence-electron chi connectivity index (χ0n) is 16.3. The predicted molar refractivity (Wildman–Crippen MR) is 115 cm³/mol. The summed E-state index contributed by atoms with van der Waals surface area (Å²) in [5, 5.41) is 4.08. The maximum absolute atomic E-state index is 11.8. The van der Waals surface area contributed by atoms with Gasteiger partial charge in [-0.05, 0) is 31.5 Å². The molecule has 3 rings (SSSR count). The molecular formula is C18H24ClN6O3P. The highest BCUT2D eigenvalue weighted by Crippen LogP contribution is 2.34. The van der Waals surface area contributed by atoms with Gasteiger partial charge in [-0.3, -0.25) is 14.9 Å². The highest BCUT2D eigenvalue weighted by molar-refractivity contribution is 7.50. The number of halogens is 1. The number of H-pyrrole nitrogens is 1. The lowest BCUT2D eigenvalue weighted by atomic mass is 10.2. The van der Waals surface area contributed by atoms with Crippen LogP contribution in [-0.4, -0.2) is 38.5 Å². The van der Waals surface area contributed by atoms with Crippen molar-refractivity contribution in [1.82, 2.24) is 24.6 Å². The Labute approximate surface area is 174 Å². The third-order valence-electron chi connectivity index (χ3n) is 3.86. The Morgan fingerprint density at radius 3 is 3.00 bits per heavy atom. The molecule has 9 nitrogen and oxygen atoms in total. The Morgan fingerprint density at radius 1 is 1.41 bits per heavy atom. The maximum Gasteiger partial charge on any atom is 0.280 e. The van der Waals surface area contributed by atoms with Crippen molar-refractivity contribution < 1.29 is 9.26 Å². The Hall–Kier alpha value is -2.03. The van der Waals surface area contributed by atoms with Gasteiger partial charge in [0.05, 0.1) is 19.5 Å². The molecule has 0 amide bonds. The molecule has 0 radical (unpaired) electrons. The first-order valence-corrected chi connectivity index (χ1v) is 10.9. The number of nitrogen functional groups attached to an aromatic ring is 1. The van der Waals surface area contributed by atoms with E-state index in [1.807, 2.05) is 24.3 Å². The standard InChI is InChI=1S/C18H24ClN6O3P/c1-12(2)24-29(28-9-13-4-3-5-14(19)8-13)11-27-7-6-25-10-21-15-16(25)22-18(20)23-17(15)26/h3-5,8,10,12,24H,6-7,9,11H2,1-2H3,(H3,20,22,23,26). The summed E-state index contributed by atoms with van der Waals surface area (Å²) in [5.41, 5.74) is 6.96. The van der Waals surface area contributed by atoms with Gasteiger partial charge in [0.1, 0.15) is 14.6 Å². The van der Waals surface area contributed by atoms with Gasteiger partial charge in [0, 0.05) is 17.6 Å². The molecule has 0 aliphatic carbocycles. The van der Waals surface area contributed by atoms with Crippen molar-refractivity contribution in [2.45, 2.75) is 33.0 Å². The minimum atomic E-state index is -0.978. The van der Waals surface area contributed by atoms with Crippen molar-refractivity contribution in [3.05, 3.63) is 51.5 Å². The molecule has 156 valence electrons. The molecule has 0 saturated heterocycles. The highest BCUT2D eigenvalue weighted by Gasteiger charge is 2.13. The number of hydrogen-bond acceptors (Lipinski definition) is 7. The molecule has 29 heavy (non-hydrogen) atoms. The molecule has 0 spiro atoms. The molecule has 11 heteroatoms. The fraction of sp³-hybridized carbons (Fsp3) is 0.389. The summed E-state index contributed by atoms with van der Waals surface area (Å²) in [6.07, 6.45) is 1.98. The van der Waals surface area contributed by atoms with Crippen molar-refractivity contribution in [2.75, 3.05) is 18.7 Å². The van der Waals surface area contributed by atoms with Crippen LogP contribution < -0.4 is 16.4 Å². The second-order valence-electron chi connectivity index (χ2n) is 6.66. The quantitative estimate of drug-likeness (QED) is 0.329. The van der Waals surface area contributed by atoms with E-state index in [4.69, 9.17) is 26.6 Å². The second kappa shape index (κ2) is 10.1. The Morgan fingerprint density at radius 2 is 2.24 bits per heavy atom. The van der Waals surface area contributed by atoms with Crippen LogP contribution in [0.25, 0.3) is 11.2 Å². The number of hydrogen-bond donors (Lipinski definition) is 3. The Balaban J connectivity index is 1.53. The van der Waals surface area contributed by atoms with Gasteiger partial charge in [0.2, 0.25) is 5.95 Å². The minimum Gasteiger partial charge on any atom is -0.371 e. The fourth-order valence-corrected chi connectivity index (χ4v) is 4.24. The van der Waals surface area contributed by atoms with Crippen molar-refractivity contribution in [2.24, 2.45) is 0 Å². The van der Waals surface area contributed by atoms with E-state index in [0.717, 1.165) is 5.56 Å². The van der Waals surface area contributed by atoms with Gasteiger partial charge in [-0.2, -0.15) is 4.98 Å². The zero-order valence-corrected chi connectivity index (χ0v) is 17.9. The number of benzene rings is 1. The van der Waals surface area contributed by atoms with Crippen LogP contribution in [0.15, 0.2) is 35.4 Å². The summed E-state index contributed by atoms with van der Waals surface area (Å²) in [6.45, 7) is 5.48. The van der Waals surface area contributed by atoms with Gasteiger partial charge in [0.25, 0.3) is 5.56 Å².